The molecule has 2 atom stereocenters. The summed E-state index contributed by atoms with van der Waals surface area (Å²) in [4.78, 5) is 13.8. The van der Waals surface area contributed by atoms with Gasteiger partial charge in [0.25, 0.3) is 10.0 Å². The number of allylic oxidation sites excluding steroid dienone is 1. The molecule has 4 nitrogen and oxygen atoms in total. The Balaban J connectivity index is 1.77. The molecule has 0 N–H and O–H groups in total. The maximum absolute atomic E-state index is 13.6. The molecule has 5 rings (SSSR count). The van der Waals surface area contributed by atoms with Gasteiger partial charge in [-0.1, -0.05) is 84.9 Å². The van der Waals surface area contributed by atoms with Gasteiger partial charge in [0.1, 0.15) is 0 Å². The van der Waals surface area contributed by atoms with Crippen LogP contribution in [0.25, 0.3) is 5.70 Å². The molecule has 0 fully saturated rings. The zero-order valence-corrected chi connectivity index (χ0v) is 15.7. The molecule has 3 aromatic rings. The molecule has 138 valence electrons. The van der Waals surface area contributed by atoms with Crippen LogP contribution in [-0.2, 0) is 14.8 Å². The summed E-state index contributed by atoms with van der Waals surface area (Å²) in [5.41, 5.74) is 2.84. The summed E-state index contributed by atoms with van der Waals surface area (Å²) < 4.78 is 27.2. The van der Waals surface area contributed by atoms with E-state index >= 15 is 0 Å². The van der Waals surface area contributed by atoms with Crippen LogP contribution in [0.1, 0.15) is 28.5 Å². The summed E-state index contributed by atoms with van der Waals surface area (Å²) in [5.74, 6) is -1.26. The molecule has 28 heavy (non-hydrogen) atoms. The van der Waals surface area contributed by atoms with E-state index in [2.05, 4.69) is 0 Å². The van der Waals surface area contributed by atoms with Crippen molar-refractivity contribution in [2.45, 2.75) is 16.7 Å². The molecule has 2 aliphatic rings. The Morgan fingerprint density at radius 1 is 0.714 bits per heavy atom. The van der Waals surface area contributed by atoms with Gasteiger partial charge in [0.05, 0.1) is 16.5 Å². The number of amides is 1. The molecule has 0 saturated carbocycles. The van der Waals surface area contributed by atoms with E-state index in [-0.39, 0.29) is 10.8 Å². The monoisotopic (exact) mass is 387 g/mol. The van der Waals surface area contributed by atoms with Gasteiger partial charge in [-0.15, -0.1) is 0 Å². The van der Waals surface area contributed by atoms with Crippen molar-refractivity contribution in [3.05, 3.63) is 108 Å². The van der Waals surface area contributed by atoms with Gasteiger partial charge in [-0.05, 0) is 17.2 Å². The van der Waals surface area contributed by atoms with E-state index < -0.39 is 21.8 Å². The van der Waals surface area contributed by atoms with Gasteiger partial charge >= 0.3 is 0 Å². The fourth-order valence-electron chi connectivity index (χ4n) is 4.16. The number of hydrogen-bond donors (Lipinski definition) is 0. The fraction of sp³-hybridized carbons (Fsp3) is 0.0870. The highest BCUT2D eigenvalue weighted by atomic mass is 32.2. The lowest BCUT2D eigenvalue weighted by Gasteiger charge is -2.34. The maximum atomic E-state index is 13.6. The molecule has 0 saturated heterocycles. The van der Waals surface area contributed by atoms with E-state index in [4.69, 9.17) is 0 Å². The highest BCUT2D eigenvalue weighted by molar-refractivity contribution is 7.90. The van der Waals surface area contributed by atoms with Gasteiger partial charge in [-0.25, -0.2) is 12.7 Å². The van der Waals surface area contributed by atoms with E-state index in [9.17, 15) is 13.2 Å². The largest absolute Gasteiger partial charge is 0.273 e. The number of fused-ring (bicyclic) bond motifs is 3. The predicted molar refractivity (Wildman–Crippen MR) is 107 cm³/mol. The van der Waals surface area contributed by atoms with Crippen molar-refractivity contribution < 1.29 is 13.2 Å². The molecule has 3 aromatic carbocycles. The number of rotatable bonds is 2. The third-order valence-corrected chi connectivity index (χ3v) is 7.18. The number of carbonyl (C=O) groups is 1. The standard InChI is InChI=1S/C23H17NO3S/c25-23-22(17-11-5-2-6-12-17)19(16-9-3-1-4-10-16)15-20-18-13-7-8-14-21(18)28(26,27)24(20)23/h1-15,19,22H/t19-,22-/m0/s1. The molecule has 0 bridgehead atoms. The average molecular weight is 387 g/mol. The number of benzene rings is 3. The molecule has 2 aliphatic heterocycles. The highest BCUT2D eigenvalue weighted by Crippen LogP contribution is 2.49. The van der Waals surface area contributed by atoms with Crippen LogP contribution < -0.4 is 0 Å². The molecule has 1 amide bonds. The van der Waals surface area contributed by atoms with Crippen molar-refractivity contribution in [3.63, 3.8) is 0 Å². The number of sulfonamides is 1. The van der Waals surface area contributed by atoms with Gasteiger partial charge in [0.15, 0.2) is 0 Å². The topological polar surface area (TPSA) is 54.5 Å². The van der Waals surface area contributed by atoms with Gasteiger partial charge in [0, 0.05) is 11.5 Å². The van der Waals surface area contributed by atoms with Crippen LogP contribution >= 0.6 is 0 Å². The van der Waals surface area contributed by atoms with Crippen LogP contribution in [0.3, 0.4) is 0 Å². The summed E-state index contributed by atoms with van der Waals surface area (Å²) in [6.07, 6.45) is 1.93. The number of carbonyl (C=O) groups excluding carboxylic acids is 1. The minimum Gasteiger partial charge on any atom is -0.273 e. The number of nitrogens with zero attached hydrogens (tertiary/aromatic N) is 1. The molecular weight excluding hydrogens is 370 g/mol. The fourth-order valence-corrected chi connectivity index (χ4v) is 5.82. The first-order chi connectivity index (χ1) is 13.6. The maximum Gasteiger partial charge on any atom is 0.271 e. The predicted octanol–water partition coefficient (Wildman–Crippen LogP) is 4.14. The minimum absolute atomic E-state index is 0.190. The summed E-state index contributed by atoms with van der Waals surface area (Å²) in [6, 6.07) is 26.0. The summed E-state index contributed by atoms with van der Waals surface area (Å²) in [6.45, 7) is 0. The van der Waals surface area contributed by atoms with Gasteiger partial charge in [-0.3, -0.25) is 4.79 Å². The van der Waals surface area contributed by atoms with Crippen LogP contribution in [0.2, 0.25) is 0 Å². The van der Waals surface area contributed by atoms with E-state index in [0.29, 0.717) is 11.3 Å². The zero-order chi connectivity index (χ0) is 19.3. The normalized spacial score (nSPS) is 22.4. The second kappa shape index (κ2) is 6.17. The van der Waals surface area contributed by atoms with Crippen molar-refractivity contribution >= 4 is 21.6 Å². The summed E-state index contributed by atoms with van der Waals surface area (Å²) >= 11 is 0. The zero-order valence-electron chi connectivity index (χ0n) is 14.9. The van der Waals surface area contributed by atoms with Crippen molar-refractivity contribution in [3.8, 4) is 0 Å². The molecule has 2 heterocycles. The van der Waals surface area contributed by atoms with E-state index in [1.54, 1.807) is 24.3 Å². The van der Waals surface area contributed by atoms with E-state index in [1.807, 2.05) is 66.7 Å². The Labute approximate surface area is 163 Å². The third-order valence-electron chi connectivity index (χ3n) is 5.41. The van der Waals surface area contributed by atoms with Crippen molar-refractivity contribution in [2.24, 2.45) is 0 Å². The Morgan fingerprint density at radius 2 is 1.29 bits per heavy atom. The Hall–Kier alpha value is -3.18. The van der Waals surface area contributed by atoms with E-state index in [1.165, 1.54) is 0 Å². The van der Waals surface area contributed by atoms with Crippen LogP contribution in [0.5, 0.6) is 0 Å². The average Bonchev–Trinajstić information content (AvgIpc) is 2.97. The first-order valence-electron chi connectivity index (χ1n) is 9.09. The lowest BCUT2D eigenvalue weighted by molar-refractivity contribution is -0.126. The number of hydrogen-bond acceptors (Lipinski definition) is 3. The Morgan fingerprint density at radius 3 is 1.96 bits per heavy atom. The molecule has 0 spiro atoms. The molecule has 0 unspecified atom stereocenters. The highest BCUT2D eigenvalue weighted by Gasteiger charge is 2.49. The van der Waals surface area contributed by atoms with Crippen molar-refractivity contribution in [1.29, 1.82) is 0 Å². The quantitative estimate of drug-likeness (QED) is 0.664. The smallest absolute Gasteiger partial charge is 0.271 e. The van der Waals surface area contributed by atoms with Crippen LogP contribution in [0.4, 0.5) is 0 Å². The minimum atomic E-state index is -3.89. The Kier molecular flexibility index (Phi) is 3.74. The third kappa shape index (κ3) is 2.36. The van der Waals surface area contributed by atoms with Gasteiger partial charge in [0.2, 0.25) is 5.91 Å². The summed E-state index contributed by atoms with van der Waals surface area (Å²) in [7, 11) is -3.89. The van der Waals surface area contributed by atoms with Crippen molar-refractivity contribution in [2.75, 3.05) is 0 Å². The molecule has 0 radical (unpaired) electrons. The second-order valence-electron chi connectivity index (χ2n) is 6.98. The van der Waals surface area contributed by atoms with E-state index in [0.717, 1.165) is 15.4 Å². The second-order valence-corrected chi connectivity index (χ2v) is 8.74. The van der Waals surface area contributed by atoms with Crippen molar-refractivity contribution in [1.82, 2.24) is 4.31 Å². The molecule has 0 aromatic heterocycles. The first-order valence-corrected chi connectivity index (χ1v) is 10.5. The molecule has 0 aliphatic carbocycles. The lowest BCUT2D eigenvalue weighted by atomic mass is 9.78. The Bertz CT molecular complexity index is 1200. The van der Waals surface area contributed by atoms with Gasteiger partial charge in [-0.2, -0.15) is 0 Å². The molecular formula is C23H17NO3S. The summed E-state index contributed by atoms with van der Waals surface area (Å²) in [5, 5.41) is 0. The molecule has 5 heteroatoms. The van der Waals surface area contributed by atoms with Crippen LogP contribution in [0, 0.1) is 0 Å². The SMILES string of the molecule is O=C1[C@@H](c2ccccc2)[C@H](c2ccccc2)C=C2c3ccccc3S(=O)(=O)N12. The lowest BCUT2D eigenvalue weighted by Crippen LogP contribution is -2.40. The van der Waals surface area contributed by atoms with Crippen LogP contribution in [-0.4, -0.2) is 18.6 Å². The van der Waals surface area contributed by atoms with Gasteiger partial charge < -0.3 is 0 Å². The van der Waals surface area contributed by atoms with Crippen LogP contribution in [0.15, 0.2) is 95.9 Å². The first kappa shape index (κ1) is 17.0.